The maximum Gasteiger partial charge on any atom is 0.326 e. The molecular formula is C25H26N6O7. The minimum absolute atomic E-state index is 0.0136. The molecule has 2 aromatic carbocycles. The van der Waals surface area contributed by atoms with Gasteiger partial charge in [0.15, 0.2) is 0 Å². The van der Waals surface area contributed by atoms with Crippen LogP contribution < -0.4 is 11.3 Å². The molecule has 0 aliphatic rings. The van der Waals surface area contributed by atoms with Gasteiger partial charge in [0.25, 0.3) is 16.9 Å². The molecule has 0 amide bonds. The van der Waals surface area contributed by atoms with Crippen LogP contribution in [0.15, 0.2) is 47.4 Å². The number of nitrogens with zero attached hydrogens (tertiary/aromatic N) is 5. The lowest BCUT2D eigenvalue weighted by Crippen LogP contribution is -2.31. The molecule has 0 aliphatic heterocycles. The van der Waals surface area contributed by atoms with E-state index in [1.54, 1.807) is 37.6 Å². The van der Waals surface area contributed by atoms with E-state index >= 15 is 0 Å². The van der Waals surface area contributed by atoms with Crippen molar-refractivity contribution in [3.8, 4) is 11.3 Å². The van der Waals surface area contributed by atoms with Gasteiger partial charge in [-0.25, -0.2) is 4.98 Å². The Kier molecular flexibility index (Phi) is 6.96. The molecule has 2 heterocycles. The molecule has 198 valence electrons. The minimum Gasteiger partial charge on any atom is -0.459 e. The molecular weight excluding hydrogens is 496 g/mol. The molecule has 0 fully saturated rings. The average Bonchev–Trinajstić information content (AvgIpc) is 3.20. The molecule has 2 N–H and O–H groups in total. The summed E-state index contributed by atoms with van der Waals surface area (Å²) in [6.45, 7) is 5.39. The summed E-state index contributed by atoms with van der Waals surface area (Å²) in [7, 11) is 0. The van der Waals surface area contributed by atoms with E-state index in [1.165, 1.54) is 30.3 Å². The normalized spacial score (nSPS) is 11.7. The predicted octanol–water partition coefficient (Wildman–Crippen LogP) is 3.53. The molecule has 0 atom stereocenters. The first-order valence-electron chi connectivity index (χ1n) is 11.8. The summed E-state index contributed by atoms with van der Waals surface area (Å²) >= 11 is 0. The number of aromatic nitrogens is 3. The molecule has 0 bridgehead atoms. The number of benzene rings is 2. The van der Waals surface area contributed by atoms with Crippen molar-refractivity contribution < 1.29 is 19.4 Å². The van der Waals surface area contributed by atoms with E-state index in [-0.39, 0.29) is 28.1 Å². The van der Waals surface area contributed by atoms with Crippen molar-refractivity contribution in [2.45, 2.75) is 45.9 Å². The van der Waals surface area contributed by atoms with Crippen molar-refractivity contribution in [1.29, 1.82) is 0 Å². The van der Waals surface area contributed by atoms with Crippen LogP contribution >= 0.6 is 0 Å². The number of nitrogens with two attached hydrogens (primary N) is 1. The van der Waals surface area contributed by atoms with Crippen LogP contribution in [0.25, 0.3) is 33.2 Å². The summed E-state index contributed by atoms with van der Waals surface area (Å²) in [5.41, 5.74) is 5.05. The zero-order chi connectivity index (χ0) is 27.8. The molecule has 0 saturated carbocycles. The molecule has 0 unspecified atom stereocenters. The molecule has 13 nitrogen and oxygen atoms in total. The molecule has 0 aliphatic carbocycles. The fraction of sp³-hybridized carbons (Fsp3) is 0.320. The van der Waals surface area contributed by atoms with Crippen LogP contribution in [-0.4, -0.2) is 42.1 Å². The first kappa shape index (κ1) is 26.4. The molecule has 0 radical (unpaired) electrons. The third-order valence-corrected chi connectivity index (χ3v) is 5.78. The van der Waals surface area contributed by atoms with E-state index in [2.05, 4.69) is 4.98 Å². The lowest BCUT2D eigenvalue weighted by atomic mass is 10.1. The van der Waals surface area contributed by atoms with Gasteiger partial charge in [0.2, 0.25) is 0 Å². The Morgan fingerprint density at radius 3 is 2.29 bits per heavy atom. The Bertz CT molecular complexity index is 1650. The molecule has 38 heavy (non-hydrogen) atoms. The number of nitro groups is 2. The number of ether oxygens (including phenoxy) is 1. The fourth-order valence-corrected chi connectivity index (χ4v) is 4.21. The van der Waals surface area contributed by atoms with E-state index in [1.807, 2.05) is 0 Å². The van der Waals surface area contributed by atoms with Crippen LogP contribution in [0.5, 0.6) is 0 Å². The van der Waals surface area contributed by atoms with Crippen molar-refractivity contribution >= 4 is 39.3 Å². The second kappa shape index (κ2) is 10.0. The van der Waals surface area contributed by atoms with Gasteiger partial charge in [0.05, 0.1) is 26.4 Å². The van der Waals surface area contributed by atoms with E-state index in [4.69, 9.17) is 10.5 Å². The summed E-state index contributed by atoms with van der Waals surface area (Å²) in [5, 5.41) is 23.3. The average molecular weight is 523 g/mol. The largest absolute Gasteiger partial charge is 0.459 e. The lowest BCUT2D eigenvalue weighted by molar-refractivity contribution is -0.384. The van der Waals surface area contributed by atoms with Crippen LogP contribution in [0.4, 0.5) is 11.4 Å². The van der Waals surface area contributed by atoms with E-state index in [0.29, 0.717) is 36.0 Å². The van der Waals surface area contributed by atoms with Crippen molar-refractivity contribution in [1.82, 2.24) is 14.1 Å². The summed E-state index contributed by atoms with van der Waals surface area (Å²) in [5.74, 6) is -0.703. The Labute approximate surface area is 215 Å². The highest BCUT2D eigenvalue weighted by molar-refractivity contribution is 5.97. The van der Waals surface area contributed by atoms with Crippen molar-refractivity contribution in [2.75, 3.05) is 6.54 Å². The fourth-order valence-electron chi connectivity index (χ4n) is 4.21. The van der Waals surface area contributed by atoms with Gasteiger partial charge in [-0.05, 0) is 45.9 Å². The molecule has 0 saturated heterocycles. The van der Waals surface area contributed by atoms with Crippen molar-refractivity contribution in [3.05, 3.63) is 73.2 Å². The number of hydrogen-bond acceptors (Lipinski definition) is 9. The molecule has 0 spiro atoms. The standard InChI is InChI=1S/C25H26N6O7/c1-25(2,3)38-22(32)14-29-21-12-16(31(36)37)6-8-19(21)27-23(24(29)33)18-13-28(10-4-9-26)20-11-15(30(34)35)5-7-17(18)20/h5-8,11-13H,4,9-10,14,26H2,1-3H3. The van der Waals surface area contributed by atoms with Gasteiger partial charge in [-0.2, -0.15) is 0 Å². The van der Waals surface area contributed by atoms with Gasteiger partial charge in [-0.1, -0.05) is 0 Å². The minimum atomic E-state index is -0.816. The number of esters is 1. The van der Waals surface area contributed by atoms with Gasteiger partial charge in [0.1, 0.15) is 17.8 Å². The quantitative estimate of drug-likeness (QED) is 0.206. The summed E-state index contributed by atoms with van der Waals surface area (Å²) in [6, 6.07) is 8.14. The van der Waals surface area contributed by atoms with Gasteiger partial charge >= 0.3 is 5.97 Å². The Morgan fingerprint density at radius 1 is 1.05 bits per heavy atom. The van der Waals surface area contributed by atoms with Gasteiger partial charge in [-0.15, -0.1) is 0 Å². The number of hydrogen-bond donors (Lipinski definition) is 1. The Morgan fingerprint density at radius 2 is 1.68 bits per heavy atom. The third kappa shape index (κ3) is 5.22. The maximum atomic E-state index is 13.8. The van der Waals surface area contributed by atoms with Gasteiger partial charge < -0.3 is 15.0 Å². The summed E-state index contributed by atoms with van der Waals surface area (Å²) < 4.78 is 8.26. The Balaban J connectivity index is 1.99. The van der Waals surface area contributed by atoms with E-state index < -0.39 is 33.5 Å². The zero-order valence-electron chi connectivity index (χ0n) is 21.0. The molecule has 2 aromatic heterocycles. The zero-order valence-corrected chi connectivity index (χ0v) is 21.0. The number of aryl methyl sites for hydroxylation is 1. The first-order valence-corrected chi connectivity index (χ1v) is 11.8. The van der Waals surface area contributed by atoms with E-state index in [0.717, 1.165) is 4.57 Å². The van der Waals surface area contributed by atoms with Crippen molar-refractivity contribution in [3.63, 3.8) is 0 Å². The van der Waals surface area contributed by atoms with Crippen molar-refractivity contribution in [2.24, 2.45) is 5.73 Å². The van der Waals surface area contributed by atoms with Crippen LogP contribution in [0.3, 0.4) is 0 Å². The summed E-state index contributed by atoms with van der Waals surface area (Å²) in [6.07, 6.45) is 2.26. The first-order chi connectivity index (χ1) is 17.9. The number of carbonyl (C=O) groups excluding carboxylic acids is 1. The van der Waals surface area contributed by atoms with Crippen LogP contribution in [0.2, 0.25) is 0 Å². The van der Waals surface area contributed by atoms with Gasteiger partial charge in [-0.3, -0.25) is 34.4 Å². The summed E-state index contributed by atoms with van der Waals surface area (Å²) in [4.78, 5) is 52.7. The van der Waals surface area contributed by atoms with Crippen LogP contribution in [0, 0.1) is 20.2 Å². The Hall–Kier alpha value is -4.65. The SMILES string of the molecule is CC(C)(C)OC(=O)Cn1c(=O)c(-c2cn(CCCN)c3cc([N+](=O)[O-])ccc23)nc2ccc([N+](=O)[O-])cc21. The monoisotopic (exact) mass is 522 g/mol. The predicted molar refractivity (Wildman–Crippen MR) is 140 cm³/mol. The van der Waals surface area contributed by atoms with Crippen LogP contribution in [0.1, 0.15) is 27.2 Å². The highest BCUT2D eigenvalue weighted by Gasteiger charge is 2.24. The number of non-ortho nitro benzene ring substituents is 2. The van der Waals surface area contributed by atoms with E-state index in [9.17, 15) is 29.8 Å². The molecule has 4 aromatic rings. The lowest BCUT2D eigenvalue weighted by Gasteiger charge is -2.20. The highest BCUT2D eigenvalue weighted by Crippen LogP contribution is 2.32. The number of carbonyl (C=O) groups is 1. The topological polar surface area (TPSA) is 178 Å². The number of nitro benzene ring substituents is 2. The molecule has 13 heteroatoms. The van der Waals surface area contributed by atoms with Gasteiger partial charge in [0, 0.05) is 48.0 Å². The highest BCUT2D eigenvalue weighted by atomic mass is 16.6. The maximum absolute atomic E-state index is 13.8. The second-order valence-corrected chi connectivity index (χ2v) is 9.71. The third-order valence-electron chi connectivity index (χ3n) is 5.78. The van der Waals surface area contributed by atoms with Crippen LogP contribution in [-0.2, 0) is 22.6 Å². The smallest absolute Gasteiger partial charge is 0.326 e. The second-order valence-electron chi connectivity index (χ2n) is 9.71. The number of fused-ring (bicyclic) bond motifs is 2. The number of rotatable bonds is 8. The molecule has 4 rings (SSSR count).